The monoisotopic (exact) mass is 400 g/mol. The lowest BCUT2D eigenvalue weighted by Crippen LogP contribution is -2.00. The molecule has 0 radical (unpaired) electrons. The molecule has 0 aliphatic heterocycles. The third kappa shape index (κ3) is 9.05. The van der Waals surface area contributed by atoms with Crippen LogP contribution in [0.4, 0.5) is 0 Å². The summed E-state index contributed by atoms with van der Waals surface area (Å²) in [6.07, 6.45) is 14.6. The van der Waals surface area contributed by atoms with E-state index < -0.39 is 5.97 Å². The van der Waals surface area contributed by atoms with Gasteiger partial charge in [0.2, 0.25) is 0 Å². The Labute approximate surface area is 173 Å². The highest BCUT2D eigenvalue weighted by Gasteiger charge is 2.06. The highest BCUT2D eigenvalue weighted by Crippen LogP contribution is 2.19. The average molecular weight is 401 g/mol. The van der Waals surface area contributed by atoms with Crippen LogP contribution < -0.4 is 4.74 Å². The van der Waals surface area contributed by atoms with Crippen molar-refractivity contribution < 1.29 is 19.7 Å². The van der Waals surface area contributed by atoms with Gasteiger partial charge in [0.05, 0.1) is 12.2 Å². The van der Waals surface area contributed by atoms with Crippen molar-refractivity contribution >= 4 is 5.97 Å². The van der Waals surface area contributed by atoms with Gasteiger partial charge in [-0.25, -0.2) is 14.8 Å². The first-order valence-corrected chi connectivity index (χ1v) is 10.6. The molecule has 0 fully saturated rings. The van der Waals surface area contributed by atoms with Crippen LogP contribution >= 0.6 is 0 Å². The number of hydrogen-bond donors (Lipinski definition) is 2. The van der Waals surface area contributed by atoms with Gasteiger partial charge in [0.15, 0.2) is 5.82 Å². The second-order valence-corrected chi connectivity index (χ2v) is 7.23. The first-order valence-electron chi connectivity index (χ1n) is 10.6. The van der Waals surface area contributed by atoms with Crippen LogP contribution in [0.2, 0.25) is 0 Å². The highest BCUT2D eigenvalue weighted by atomic mass is 16.5. The normalized spacial score (nSPS) is 10.8. The van der Waals surface area contributed by atoms with E-state index in [1.165, 1.54) is 57.3 Å². The van der Waals surface area contributed by atoms with E-state index >= 15 is 0 Å². The molecule has 0 unspecified atom stereocenters. The average Bonchev–Trinajstić information content (AvgIpc) is 2.75. The van der Waals surface area contributed by atoms with Gasteiger partial charge in [-0.1, -0.05) is 51.4 Å². The number of carboxylic acids is 1. The molecule has 158 valence electrons. The van der Waals surface area contributed by atoms with Crippen LogP contribution in [0.3, 0.4) is 0 Å². The van der Waals surface area contributed by atoms with Crippen molar-refractivity contribution in [2.75, 3.05) is 13.2 Å². The maximum atomic E-state index is 10.8. The molecule has 0 amide bonds. The van der Waals surface area contributed by atoms with Crippen LogP contribution in [-0.4, -0.2) is 39.4 Å². The van der Waals surface area contributed by atoms with Gasteiger partial charge in [0.25, 0.3) is 0 Å². The summed E-state index contributed by atoms with van der Waals surface area (Å²) in [5.41, 5.74) is 0.900. The second-order valence-electron chi connectivity index (χ2n) is 7.23. The van der Waals surface area contributed by atoms with E-state index in [0.29, 0.717) is 19.0 Å². The topological polar surface area (TPSA) is 92.5 Å². The van der Waals surface area contributed by atoms with Gasteiger partial charge in [-0.2, -0.15) is 0 Å². The van der Waals surface area contributed by atoms with Gasteiger partial charge >= 0.3 is 5.97 Å². The lowest BCUT2D eigenvalue weighted by molar-refractivity contribution is 0.0696. The quantitative estimate of drug-likeness (QED) is 0.403. The van der Waals surface area contributed by atoms with E-state index in [0.717, 1.165) is 30.6 Å². The summed E-state index contributed by atoms with van der Waals surface area (Å²) < 4.78 is 5.79. The Balaban J connectivity index is 1.55. The second kappa shape index (κ2) is 13.7. The van der Waals surface area contributed by atoms with Crippen LogP contribution in [0.1, 0.15) is 74.6 Å². The number of carbonyl (C=O) groups is 1. The zero-order valence-corrected chi connectivity index (χ0v) is 17.1. The fraction of sp³-hybridized carbons (Fsp3) is 0.522. The van der Waals surface area contributed by atoms with E-state index in [1.807, 2.05) is 24.3 Å². The standard InChI is InChI=1S/C23H32N2O4/c26-15-9-7-5-3-1-2-4-6-8-10-16-29-21-13-11-19(12-14-21)22-24-17-20(18-25-22)23(27)28/h11-14,17-18,26H,1-10,15-16H2,(H,27,28). The molecule has 6 heteroatoms. The third-order valence-electron chi connectivity index (χ3n) is 4.83. The van der Waals surface area contributed by atoms with Gasteiger partial charge < -0.3 is 14.9 Å². The minimum atomic E-state index is -1.03. The number of unbranched alkanes of at least 4 members (excludes halogenated alkanes) is 9. The van der Waals surface area contributed by atoms with Gasteiger partial charge in [0, 0.05) is 24.6 Å². The number of ether oxygens (including phenoxy) is 1. The zero-order chi connectivity index (χ0) is 20.7. The molecule has 2 aromatic rings. The Morgan fingerprint density at radius 2 is 1.31 bits per heavy atom. The first-order chi connectivity index (χ1) is 14.2. The van der Waals surface area contributed by atoms with Crippen molar-refractivity contribution in [3.8, 4) is 17.1 Å². The molecular formula is C23H32N2O4. The lowest BCUT2D eigenvalue weighted by Gasteiger charge is -2.07. The number of benzene rings is 1. The van der Waals surface area contributed by atoms with Crippen molar-refractivity contribution in [1.29, 1.82) is 0 Å². The van der Waals surface area contributed by atoms with Crippen molar-refractivity contribution in [2.45, 2.75) is 64.2 Å². The van der Waals surface area contributed by atoms with Crippen LogP contribution in [0, 0.1) is 0 Å². The molecule has 1 aromatic carbocycles. The lowest BCUT2D eigenvalue weighted by atomic mass is 10.1. The van der Waals surface area contributed by atoms with Crippen molar-refractivity contribution in [3.05, 3.63) is 42.2 Å². The summed E-state index contributed by atoms with van der Waals surface area (Å²) in [4.78, 5) is 19.0. The molecule has 0 bridgehead atoms. The smallest absolute Gasteiger partial charge is 0.338 e. The number of aliphatic hydroxyl groups excluding tert-OH is 1. The molecule has 2 N–H and O–H groups in total. The fourth-order valence-electron chi connectivity index (χ4n) is 3.11. The van der Waals surface area contributed by atoms with Crippen LogP contribution in [0.25, 0.3) is 11.4 Å². The third-order valence-corrected chi connectivity index (χ3v) is 4.83. The first kappa shape index (κ1) is 22.8. The summed E-state index contributed by atoms with van der Waals surface area (Å²) in [6.45, 7) is 1.04. The van der Waals surface area contributed by atoms with Gasteiger partial charge in [-0.3, -0.25) is 0 Å². The molecule has 6 nitrogen and oxygen atoms in total. The number of rotatable bonds is 15. The largest absolute Gasteiger partial charge is 0.494 e. The van der Waals surface area contributed by atoms with E-state index in [9.17, 15) is 4.79 Å². The van der Waals surface area contributed by atoms with Crippen molar-refractivity contribution in [3.63, 3.8) is 0 Å². The van der Waals surface area contributed by atoms with Crippen molar-refractivity contribution in [2.24, 2.45) is 0 Å². The van der Waals surface area contributed by atoms with E-state index in [2.05, 4.69) is 9.97 Å². The number of nitrogens with zero attached hydrogens (tertiary/aromatic N) is 2. The molecule has 0 aliphatic rings. The minimum absolute atomic E-state index is 0.0757. The summed E-state index contributed by atoms with van der Waals surface area (Å²) in [5, 5.41) is 17.6. The molecular weight excluding hydrogens is 368 g/mol. The van der Waals surface area contributed by atoms with E-state index in [4.69, 9.17) is 14.9 Å². The number of aromatic nitrogens is 2. The molecule has 1 aromatic heterocycles. The van der Waals surface area contributed by atoms with Gasteiger partial charge in [0.1, 0.15) is 5.75 Å². The molecule has 2 rings (SSSR count). The molecule has 0 spiro atoms. The highest BCUT2D eigenvalue weighted by molar-refractivity contribution is 5.86. The predicted molar refractivity (Wildman–Crippen MR) is 113 cm³/mol. The Hall–Kier alpha value is -2.47. The summed E-state index contributed by atoms with van der Waals surface area (Å²) in [7, 11) is 0. The Bertz CT molecular complexity index is 702. The number of carboxylic acid groups (broad SMARTS) is 1. The summed E-state index contributed by atoms with van der Waals surface area (Å²) in [5.74, 6) is 0.281. The maximum absolute atomic E-state index is 10.8. The van der Waals surface area contributed by atoms with E-state index in [1.54, 1.807) is 0 Å². The molecule has 0 saturated heterocycles. The molecule has 0 atom stereocenters. The number of aliphatic hydroxyl groups is 1. The van der Waals surface area contributed by atoms with Crippen LogP contribution in [-0.2, 0) is 0 Å². The van der Waals surface area contributed by atoms with Gasteiger partial charge in [-0.15, -0.1) is 0 Å². The van der Waals surface area contributed by atoms with Crippen LogP contribution in [0.5, 0.6) is 5.75 Å². The fourth-order valence-corrected chi connectivity index (χ4v) is 3.11. The zero-order valence-electron chi connectivity index (χ0n) is 17.1. The van der Waals surface area contributed by atoms with Crippen LogP contribution in [0.15, 0.2) is 36.7 Å². The maximum Gasteiger partial charge on any atom is 0.338 e. The molecule has 29 heavy (non-hydrogen) atoms. The predicted octanol–water partition coefficient (Wildman–Crippen LogP) is 5.11. The van der Waals surface area contributed by atoms with E-state index in [-0.39, 0.29) is 5.56 Å². The number of hydrogen-bond acceptors (Lipinski definition) is 5. The molecule has 0 saturated carbocycles. The molecule has 0 aliphatic carbocycles. The Kier molecular flexibility index (Phi) is 10.7. The Morgan fingerprint density at radius 3 is 1.83 bits per heavy atom. The van der Waals surface area contributed by atoms with Gasteiger partial charge in [-0.05, 0) is 37.1 Å². The van der Waals surface area contributed by atoms with Crippen molar-refractivity contribution in [1.82, 2.24) is 9.97 Å². The summed E-state index contributed by atoms with van der Waals surface area (Å²) in [6, 6.07) is 7.54. The summed E-state index contributed by atoms with van der Waals surface area (Å²) >= 11 is 0. The SMILES string of the molecule is O=C(O)c1cnc(-c2ccc(OCCCCCCCCCCCCO)cc2)nc1. The Morgan fingerprint density at radius 1 is 0.793 bits per heavy atom. The minimum Gasteiger partial charge on any atom is -0.494 e. The molecule has 1 heterocycles. The number of aromatic carboxylic acids is 1.